The number of esters is 1. The van der Waals surface area contributed by atoms with E-state index in [2.05, 4.69) is 21.3 Å². The lowest BCUT2D eigenvalue weighted by atomic mass is 9.89. The Labute approximate surface area is 248 Å². The molecule has 4 atom stereocenters. The standard InChI is InChI=1S/C30H48N4O8/c1-7-16-30(8-2,34-29(40)42-19-22-12-10-9-11-13-22)28(39)33-24(14-15-25(36)41-6)27(38)31-21(5)26(37)32-23(18-35)17-20(3)4/h9-13,20-21,23-24,35H,7-8,14-19H2,1-6H3,(H,31,38)(H,32,37)(H,33,39)(H,34,40)/t21-,23-,24-,30-/m0/s1. The van der Waals surface area contributed by atoms with Crippen molar-refractivity contribution >= 4 is 29.8 Å². The van der Waals surface area contributed by atoms with Gasteiger partial charge in [-0.1, -0.05) is 64.4 Å². The number of hydrogen-bond acceptors (Lipinski definition) is 8. The van der Waals surface area contributed by atoms with E-state index in [4.69, 9.17) is 9.47 Å². The number of alkyl carbamates (subject to hydrolysis) is 1. The second-order valence-corrected chi connectivity index (χ2v) is 10.8. The first-order valence-electron chi connectivity index (χ1n) is 14.5. The molecular formula is C30H48N4O8. The van der Waals surface area contributed by atoms with Crippen LogP contribution >= 0.6 is 0 Å². The van der Waals surface area contributed by atoms with Crippen molar-refractivity contribution in [1.82, 2.24) is 21.3 Å². The van der Waals surface area contributed by atoms with Gasteiger partial charge in [-0.05, 0) is 44.1 Å². The van der Waals surface area contributed by atoms with Crippen molar-refractivity contribution in [3.05, 3.63) is 35.9 Å². The van der Waals surface area contributed by atoms with E-state index >= 15 is 0 Å². The summed E-state index contributed by atoms with van der Waals surface area (Å²) in [5.74, 6) is -2.16. The molecule has 1 rings (SSSR count). The molecule has 0 bridgehead atoms. The Kier molecular flexibility index (Phi) is 16.2. The molecule has 0 heterocycles. The highest BCUT2D eigenvalue weighted by molar-refractivity contribution is 5.95. The maximum Gasteiger partial charge on any atom is 0.408 e. The van der Waals surface area contributed by atoms with Crippen molar-refractivity contribution in [2.45, 2.75) is 103 Å². The fourth-order valence-electron chi connectivity index (χ4n) is 4.42. The average molecular weight is 593 g/mol. The third-order valence-electron chi connectivity index (χ3n) is 6.83. The summed E-state index contributed by atoms with van der Waals surface area (Å²) in [5, 5.41) is 20.2. The minimum Gasteiger partial charge on any atom is -0.469 e. The van der Waals surface area contributed by atoms with Crippen molar-refractivity contribution in [1.29, 1.82) is 0 Å². The van der Waals surface area contributed by atoms with Crippen LogP contribution in [0.4, 0.5) is 4.79 Å². The molecule has 42 heavy (non-hydrogen) atoms. The number of amides is 4. The van der Waals surface area contributed by atoms with Gasteiger partial charge in [0.15, 0.2) is 0 Å². The van der Waals surface area contributed by atoms with Gasteiger partial charge in [0.1, 0.15) is 24.2 Å². The largest absolute Gasteiger partial charge is 0.469 e. The fraction of sp³-hybridized carbons (Fsp3) is 0.633. The molecule has 0 spiro atoms. The van der Waals surface area contributed by atoms with E-state index in [-0.39, 0.29) is 44.8 Å². The second-order valence-electron chi connectivity index (χ2n) is 10.8. The quantitative estimate of drug-likeness (QED) is 0.162. The Morgan fingerprint density at radius 1 is 0.952 bits per heavy atom. The molecule has 0 aromatic heterocycles. The number of carbonyl (C=O) groups excluding carboxylic acids is 5. The first-order valence-corrected chi connectivity index (χ1v) is 14.5. The normalized spacial score (nSPS) is 14.5. The Balaban J connectivity index is 3.04. The number of carbonyl (C=O) groups is 5. The summed E-state index contributed by atoms with van der Waals surface area (Å²) in [6.45, 7) is 8.75. The number of hydrogen-bond donors (Lipinski definition) is 5. The Morgan fingerprint density at radius 2 is 1.62 bits per heavy atom. The van der Waals surface area contributed by atoms with Gasteiger partial charge in [-0.25, -0.2) is 4.79 Å². The summed E-state index contributed by atoms with van der Waals surface area (Å²) in [6, 6.07) is 6.42. The van der Waals surface area contributed by atoms with Gasteiger partial charge in [0.25, 0.3) is 0 Å². The molecule has 0 aliphatic carbocycles. The molecule has 0 saturated heterocycles. The Morgan fingerprint density at radius 3 is 2.17 bits per heavy atom. The van der Waals surface area contributed by atoms with E-state index in [1.165, 1.54) is 14.0 Å². The molecule has 4 amide bonds. The highest BCUT2D eigenvalue weighted by atomic mass is 16.5. The summed E-state index contributed by atoms with van der Waals surface area (Å²) in [5.41, 5.74) is -0.609. The SMILES string of the molecule is CCC[C@](CC)(NC(=O)OCc1ccccc1)C(=O)N[C@@H](CCC(=O)OC)C(=O)N[C@@H](C)C(=O)N[C@H](CO)CC(C)C. The molecule has 0 radical (unpaired) electrons. The highest BCUT2D eigenvalue weighted by Crippen LogP contribution is 2.20. The van der Waals surface area contributed by atoms with E-state index in [9.17, 15) is 29.1 Å². The average Bonchev–Trinajstić information content (AvgIpc) is 2.97. The van der Waals surface area contributed by atoms with Crippen molar-refractivity contribution in [3.8, 4) is 0 Å². The molecule has 236 valence electrons. The molecule has 1 aromatic rings. The summed E-state index contributed by atoms with van der Waals surface area (Å²) >= 11 is 0. The number of benzene rings is 1. The van der Waals surface area contributed by atoms with Crippen LogP contribution in [0.5, 0.6) is 0 Å². The zero-order valence-electron chi connectivity index (χ0n) is 25.7. The minimum atomic E-state index is -1.39. The lowest BCUT2D eigenvalue weighted by molar-refractivity contribution is -0.141. The zero-order valence-corrected chi connectivity index (χ0v) is 25.7. The topological polar surface area (TPSA) is 172 Å². The number of methoxy groups -OCH3 is 1. The number of aliphatic hydroxyl groups excluding tert-OH is 1. The minimum absolute atomic E-state index is 0.0125. The van der Waals surface area contributed by atoms with Crippen LogP contribution < -0.4 is 21.3 Å². The van der Waals surface area contributed by atoms with Gasteiger partial charge in [-0.15, -0.1) is 0 Å². The van der Waals surface area contributed by atoms with E-state index in [1.54, 1.807) is 19.1 Å². The number of ether oxygens (including phenoxy) is 2. The lowest BCUT2D eigenvalue weighted by Gasteiger charge is -2.33. The molecule has 12 heteroatoms. The highest BCUT2D eigenvalue weighted by Gasteiger charge is 2.40. The summed E-state index contributed by atoms with van der Waals surface area (Å²) in [6.07, 6.45) is 0.501. The Hall–Kier alpha value is -3.67. The van der Waals surface area contributed by atoms with Gasteiger partial charge in [-0.2, -0.15) is 0 Å². The number of aliphatic hydroxyl groups is 1. The van der Waals surface area contributed by atoms with Crippen LogP contribution in [-0.4, -0.2) is 72.3 Å². The maximum atomic E-state index is 13.6. The van der Waals surface area contributed by atoms with Gasteiger partial charge in [-0.3, -0.25) is 19.2 Å². The van der Waals surface area contributed by atoms with Crippen molar-refractivity contribution < 1.29 is 38.6 Å². The molecular weight excluding hydrogens is 544 g/mol. The van der Waals surface area contributed by atoms with Crippen LogP contribution in [0.15, 0.2) is 30.3 Å². The molecule has 5 N–H and O–H groups in total. The van der Waals surface area contributed by atoms with E-state index in [0.717, 1.165) is 5.56 Å². The third-order valence-corrected chi connectivity index (χ3v) is 6.83. The van der Waals surface area contributed by atoms with E-state index in [0.29, 0.717) is 12.8 Å². The van der Waals surface area contributed by atoms with E-state index in [1.807, 2.05) is 39.0 Å². The lowest BCUT2D eigenvalue weighted by Crippen LogP contribution is -2.62. The zero-order chi connectivity index (χ0) is 31.7. The monoisotopic (exact) mass is 592 g/mol. The van der Waals surface area contributed by atoms with Crippen molar-refractivity contribution in [2.24, 2.45) is 5.92 Å². The Bertz CT molecular complexity index is 1020. The van der Waals surface area contributed by atoms with Gasteiger partial charge in [0.2, 0.25) is 17.7 Å². The number of nitrogens with one attached hydrogen (secondary N) is 4. The predicted octanol–water partition coefficient (Wildman–Crippen LogP) is 2.33. The van der Waals surface area contributed by atoms with Crippen LogP contribution in [0, 0.1) is 5.92 Å². The fourth-order valence-corrected chi connectivity index (χ4v) is 4.42. The van der Waals surface area contributed by atoms with Gasteiger partial charge < -0.3 is 35.8 Å². The van der Waals surface area contributed by atoms with Crippen LogP contribution in [0.25, 0.3) is 0 Å². The van der Waals surface area contributed by atoms with Crippen LogP contribution in [-0.2, 0) is 35.3 Å². The number of rotatable bonds is 18. The molecule has 0 unspecified atom stereocenters. The smallest absolute Gasteiger partial charge is 0.408 e. The molecule has 0 fully saturated rings. The maximum absolute atomic E-state index is 13.6. The van der Waals surface area contributed by atoms with Crippen molar-refractivity contribution in [3.63, 3.8) is 0 Å². The van der Waals surface area contributed by atoms with Crippen LogP contribution in [0.1, 0.15) is 78.7 Å². The first kappa shape index (κ1) is 36.4. The van der Waals surface area contributed by atoms with E-state index < -0.39 is 53.4 Å². The van der Waals surface area contributed by atoms with Gasteiger partial charge >= 0.3 is 12.1 Å². The molecule has 12 nitrogen and oxygen atoms in total. The third kappa shape index (κ3) is 12.5. The first-order chi connectivity index (χ1) is 19.9. The second kappa shape index (κ2) is 18.7. The van der Waals surface area contributed by atoms with Crippen LogP contribution in [0.3, 0.4) is 0 Å². The molecule has 0 aliphatic heterocycles. The molecule has 0 saturated carbocycles. The van der Waals surface area contributed by atoms with Crippen LogP contribution in [0.2, 0.25) is 0 Å². The molecule has 0 aliphatic rings. The predicted molar refractivity (Wildman–Crippen MR) is 157 cm³/mol. The van der Waals surface area contributed by atoms with Gasteiger partial charge in [0, 0.05) is 6.42 Å². The molecule has 1 aromatic carbocycles. The summed E-state index contributed by atoms with van der Waals surface area (Å²) in [7, 11) is 1.21. The summed E-state index contributed by atoms with van der Waals surface area (Å²) < 4.78 is 10.0. The summed E-state index contributed by atoms with van der Waals surface area (Å²) in [4.78, 5) is 64.2. The van der Waals surface area contributed by atoms with Gasteiger partial charge in [0.05, 0.1) is 19.8 Å². The van der Waals surface area contributed by atoms with Crippen molar-refractivity contribution in [2.75, 3.05) is 13.7 Å².